The summed E-state index contributed by atoms with van der Waals surface area (Å²) in [5.41, 5.74) is 3.60. The maximum absolute atomic E-state index is 14.1. The van der Waals surface area contributed by atoms with Crippen LogP contribution in [-0.2, 0) is 11.0 Å². The number of nitrogens with zero attached hydrogens (tertiary/aromatic N) is 2. The lowest BCUT2D eigenvalue weighted by atomic mass is 9.96. The van der Waals surface area contributed by atoms with Crippen molar-refractivity contribution >= 4 is 39.9 Å². The minimum Gasteiger partial charge on any atom is -0.480 e. The average Bonchev–Trinajstić information content (AvgIpc) is 3.68. The number of aliphatic carboxylic acids is 1. The van der Waals surface area contributed by atoms with Crippen molar-refractivity contribution in [3.05, 3.63) is 82.6 Å². The van der Waals surface area contributed by atoms with Crippen LogP contribution in [0.25, 0.3) is 33.3 Å². The summed E-state index contributed by atoms with van der Waals surface area (Å²) in [6.07, 6.45) is -4.55. The van der Waals surface area contributed by atoms with Gasteiger partial charge in [0.25, 0.3) is 0 Å². The lowest BCUT2D eigenvalue weighted by Crippen LogP contribution is -2.26. The molecule has 0 bridgehead atoms. The molecule has 0 saturated heterocycles. The number of nitrogens with one attached hydrogen (secondary N) is 1. The van der Waals surface area contributed by atoms with E-state index in [0.29, 0.717) is 56.8 Å². The van der Waals surface area contributed by atoms with Crippen molar-refractivity contribution in [3.8, 4) is 22.4 Å². The zero-order valence-corrected chi connectivity index (χ0v) is 20.0. The number of halogens is 5. The Hall–Kier alpha value is -3.98. The summed E-state index contributed by atoms with van der Waals surface area (Å²) in [5, 5.41) is 12.5. The molecule has 0 radical (unpaired) electrons. The first kappa shape index (κ1) is 24.7. The number of aromatic nitrogens is 1. The van der Waals surface area contributed by atoms with Gasteiger partial charge in [0.15, 0.2) is 0 Å². The van der Waals surface area contributed by atoms with E-state index in [4.69, 9.17) is 16.6 Å². The Balaban J connectivity index is 1.62. The molecule has 2 N–H and O–H groups in total. The standard InChI is InChI=1S/C27H18ClF4N3O2/c1-13(26(36)37)34-25-18-11-17(29)7-9-21(18)35-24(23(25)22-12-33-22)15-4-2-14(3-5-15)16-6-8-19(20(28)10-16)27(30,31)32/h2-11,13H,12H2,1H3,(H,34,35)(H,36,37). The average molecular weight is 528 g/mol. The Morgan fingerprint density at radius 3 is 2.27 bits per heavy atom. The van der Waals surface area contributed by atoms with Gasteiger partial charge in [-0.2, -0.15) is 13.2 Å². The van der Waals surface area contributed by atoms with E-state index in [-0.39, 0.29) is 0 Å². The second-order valence-electron chi connectivity index (χ2n) is 8.61. The molecule has 37 heavy (non-hydrogen) atoms. The van der Waals surface area contributed by atoms with Crippen molar-refractivity contribution in [1.29, 1.82) is 0 Å². The second-order valence-corrected chi connectivity index (χ2v) is 9.02. The highest BCUT2D eigenvalue weighted by atomic mass is 35.5. The third-order valence-corrected chi connectivity index (χ3v) is 6.36. The Bertz CT molecular complexity index is 1580. The molecular formula is C27H18ClF4N3O2. The summed E-state index contributed by atoms with van der Waals surface area (Å²) in [4.78, 5) is 20.6. The van der Waals surface area contributed by atoms with Crippen molar-refractivity contribution in [2.75, 3.05) is 11.9 Å². The summed E-state index contributed by atoms with van der Waals surface area (Å²) in [6.45, 7) is 1.92. The third-order valence-electron chi connectivity index (χ3n) is 6.05. The molecule has 0 saturated carbocycles. The first-order valence-electron chi connectivity index (χ1n) is 11.2. The van der Waals surface area contributed by atoms with Crippen LogP contribution in [-0.4, -0.2) is 34.4 Å². The van der Waals surface area contributed by atoms with Gasteiger partial charge in [0, 0.05) is 16.5 Å². The molecule has 0 aliphatic carbocycles. The van der Waals surface area contributed by atoms with Crippen molar-refractivity contribution in [2.24, 2.45) is 4.99 Å². The predicted octanol–water partition coefficient (Wildman–Crippen LogP) is 7.07. The second kappa shape index (κ2) is 9.15. The molecule has 1 atom stereocenters. The van der Waals surface area contributed by atoms with E-state index in [1.54, 1.807) is 24.3 Å². The minimum absolute atomic E-state index is 0.394. The topological polar surface area (TPSA) is 74.6 Å². The normalized spacial score (nSPS) is 13.8. The molecule has 3 aromatic carbocycles. The molecule has 0 amide bonds. The molecule has 5 nitrogen and oxygen atoms in total. The molecule has 1 unspecified atom stereocenters. The highest BCUT2D eigenvalue weighted by Crippen LogP contribution is 2.39. The number of carboxylic acids is 1. The molecule has 188 valence electrons. The quantitative estimate of drug-likeness (QED) is 0.263. The molecule has 1 aromatic heterocycles. The van der Waals surface area contributed by atoms with Crippen LogP contribution in [0.1, 0.15) is 18.1 Å². The van der Waals surface area contributed by atoms with E-state index >= 15 is 0 Å². The van der Waals surface area contributed by atoms with Crippen molar-refractivity contribution in [2.45, 2.75) is 19.1 Å². The number of benzene rings is 3. The van der Waals surface area contributed by atoms with Crippen LogP contribution in [0.5, 0.6) is 0 Å². The Morgan fingerprint density at radius 1 is 1.03 bits per heavy atom. The molecule has 0 spiro atoms. The van der Waals surface area contributed by atoms with Crippen LogP contribution in [0.15, 0.2) is 65.7 Å². The summed E-state index contributed by atoms with van der Waals surface area (Å²) < 4.78 is 53.3. The van der Waals surface area contributed by atoms with Crippen LogP contribution in [0.3, 0.4) is 0 Å². The summed E-state index contributed by atoms with van der Waals surface area (Å²) >= 11 is 5.88. The first-order chi connectivity index (χ1) is 17.5. The number of hydrogen-bond donors (Lipinski definition) is 2. The number of carboxylic acid groups (broad SMARTS) is 1. The zero-order valence-electron chi connectivity index (χ0n) is 19.2. The van der Waals surface area contributed by atoms with E-state index in [1.807, 2.05) is 0 Å². The van der Waals surface area contributed by atoms with E-state index < -0.39 is 34.6 Å². The number of rotatable bonds is 6. The van der Waals surface area contributed by atoms with Gasteiger partial charge in [0.1, 0.15) is 11.9 Å². The summed E-state index contributed by atoms with van der Waals surface area (Å²) in [7, 11) is 0. The van der Waals surface area contributed by atoms with Gasteiger partial charge < -0.3 is 10.4 Å². The molecule has 0 fully saturated rings. The number of alkyl halides is 3. The van der Waals surface area contributed by atoms with Crippen molar-refractivity contribution in [3.63, 3.8) is 0 Å². The number of fused-ring (bicyclic) bond motifs is 1. The highest BCUT2D eigenvalue weighted by Gasteiger charge is 2.33. The fraction of sp³-hybridized carbons (Fsp3) is 0.148. The van der Waals surface area contributed by atoms with Gasteiger partial charge in [0.2, 0.25) is 0 Å². The van der Waals surface area contributed by atoms with E-state index in [1.165, 1.54) is 37.3 Å². The van der Waals surface area contributed by atoms with Gasteiger partial charge in [-0.3, -0.25) is 9.79 Å². The molecule has 5 rings (SSSR count). The first-order valence-corrected chi connectivity index (χ1v) is 11.5. The number of anilines is 1. The molecule has 1 aliphatic rings. The molecule has 10 heteroatoms. The Labute approximate surface area is 213 Å². The van der Waals surface area contributed by atoms with Gasteiger partial charge in [-0.1, -0.05) is 41.9 Å². The van der Waals surface area contributed by atoms with Gasteiger partial charge >= 0.3 is 12.1 Å². The fourth-order valence-corrected chi connectivity index (χ4v) is 4.38. The summed E-state index contributed by atoms with van der Waals surface area (Å²) in [5.74, 6) is -1.57. The predicted molar refractivity (Wildman–Crippen MR) is 135 cm³/mol. The van der Waals surface area contributed by atoms with Crippen LogP contribution in [0.2, 0.25) is 5.02 Å². The van der Waals surface area contributed by atoms with E-state index in [9.17, 15) is 27.5 Å². The van der Waals surface area contributed by atoms with Crippen LogP contribution < -0.4 is 5.32 Å². The molecule has 4 aromatic rings. The highest BCUT2D eigenvalue weighted by molar-refractivity contribution is 6.31. The maximum atomic E-state index is 14.1. The molecule has 2 heterocycles. The monoisotopic (exact) mass is 527 g/mol. The summed E-state index contributed by atoms with van der Waals surface area (Å²) in [6, 6.07) is 13.7. The SMILES string of the molecule is CC(Nc1c(C2=NC2)c(-c2ccc(-c3ccc(C(F)(F)F)c(Cl)c3)cc2)nc2ccc(F)cc12)C(=O)O. The van der Waals surface area contributed by atoms with E-state index in [0.717, 1.165) is 6.07 Å². The number of carbonyl (C=O) groups is 1. The Kier molecular flexibility index (Phi) is 6.11. The number of aliphatic imine (C=N–C) groups is 1. The minimum atomic E-state index is -4.55. The van der Waals surface area contributed by atoms with Crippen LogP contribution in [0, 0.1) is 5.82 Å². The van der Waals surface area contributed by atoms with Crippen molar-refractivity contribution in [1.82, 2.24) is 4.98 Å². The van der Waals surface area contributed by atoms with E-state index in [2.05, 4.69) is 10.3 Å². The fourth-order valence-electron chi connectivity index (χ4n) is 4.10. The van der Waals surface area contributed by atoms with Gasteiger partial charge in [-0.15, -0.1) is 0 Å². The van der Waals surface area contributed by atoms with Crippen molar-refractivity contribution < 1.29 is 27.5 Å². The van der Waals surface area contributed by atoms with Gasteiger partial charge in [-0.25, -0.2) is 9.37 Å². The van der Waals surface area contributed by atoms with Crippen LogP contribution >= 0.6 is 11.6 Å². The third kappa shape index (κ3) is 4.86. The van der Waals surface area contributed by atoms with Gasteiger partial charge in [-0.05, 0) is 48.4 Å². The lowest BCUT2D eigenvalue weighted by molar-refractivity contribution is -0.138. The molecular weight excluding hydrogens is 510 g/mol. The largest absolute Gasteiger partial charge is 0.480 e. The number of hydrogen-bond acceptors (Lipinski definition) is 4. The van der Waals surface area contributed by atoms with Crippen LogP contribution in [0.4, 0.5) is 23.2 Å². The van der Waals surface area contributed by atoms with Gasteiger partial charge in [0.05, 0.1) is 39.7 Å². The zero-order chi connectivity index (χ0) is 26.5. The maximum Gasteiger partial charge on any atom is 0.417 e. The number of pyridine rings is 1. The Morgan fingerprint density at radius 2 is 1.68 bits per heavy atom. The molecule has 1 aliphatic heterocycles. The lowest BCUT2D eigenvalue weighted by Gasteiger charge is -2.19. The smallest absolute Gasteiger partial charge is 0.417 e.